The number of carbonyl (C=O) groups excluding carboxylic acids is 1. The maximum Gasteiger partial charge on any atom is 0.271 e. The van der Waals surface area contributed by atoms with Crippen LogP contribution in [0.4, 0.5) is 5.69 Å². The zero-order valence-electron chi connectivity index (χ0n) is 12.8. The maximum atomic E-state index is 12.1. The van der Waals surface area contributed by atoms with Gasteiger partial charge in [-0.05, 0) is 13.5 Å². The number of nitrogens with two attached hydrogens (primary N) is 1. The number of hydrogen-bond acceptors (Lipinski definition) is 5. The number of nitrogens with one attached hydrogen (secondary N) is 1. The predicted octanol–water partition coefficient (Wildman–Crippen LogP) is -0.127. The first-order valence-electron chi connectivity index (χ1n) is 6.78. The van der Waals surface area contributed by atoms with Crippen LogP contribution < -0.4 is 11.1 Å². The minimum Gasteiger partial charge on any atom is -0.395 e. The smallest absolute Gasteiger partial charge is 0.271 e. The second-order valence-electron chi connectivity index (χ2n) is 4.74. The number of amides is 1. The molecule has 1 heterocycles. The summed E-state index contributed by atoms with van der Waals surface area (Å²) in [4.78, 5) is 14.2. The van der Waals surface area contributed by atoms with Gasteiger partial charge < -0.3 is 20.7 Å². The fourth-order valence-corrected chi connectivity index (χ4v) is 1.93. The molecule has 0 aromatic carbocycles. The van der Waals surface area contributed by atoms with Crippen LogP contribution in [0.1, 0.15) is 23.1 Å². The van der Waals surface area contributed by atoms with E-state index in [1.807, 2.05) is 14.0 Å². The van der Waals surface area contributed by atoms with Crippen LogP contribution in [0.15, 0.2) is 0 Å². The fourth-order valence-electron chi connectivity index (χ4n) is 1.93. The van der Waals surface area contributed by atoms with Crippen molar-refractivity contribution >= 4 is 11.6 Å². The molecular weight excluding hydrogens is 258 g/mol. The molecule has 0 aliphatic heterocycles. The average Bonchev–Trinajstić information content (AvgIpc) is 2.70. The van der Waals surface area contributed by atoms with Crippen LogP contribution >= 0.6 is 0 Å². The first-order valence-corrected chi connectivity index (χ1v) is 6.78. The summed E-state index contributed by atoms with van der Waals surface area (Å²) in [5, 5.41) is 7.10. The molecule has 0 atom stereocenters. The van der Waals surface area contributed by atoms with Gasteiger partial charge in [-0.25, -0.2) is 0 Å². The largest absolute Gasteiger partial charge is 0.395 e. The van der Waals surface area contributed by atoms with E-state index in [4.69, 9.17) is 10.5 Å². The summed E-state index contributed by atoms with van der Waals surface area (Å²) in [6.07, 6.45) is 0.715. The second kappa shape index (κ2) is 7.86. The Morgan fingerprint density at radius 1 is 1.50 bits per heavy atom. The number of nitrogens with zero attached hydrogens (tertiary/aromatic N) is 3. The van der Waals surface area contributed by atoms with Gasteiger partial charge in [0.25, 0.3) is 5.91 Å². The average molecular weight is 283 g/mol. The van der Waals surface area contributed by atoms with Crippen molar-refractivity contribution in [1.29, 1.82) is 0 Å². The number of aromatic nitrogens is 2. The topological polar surface area (TPSA) is 85.4 Å². The van der Waals surface area contributed by atoms with Crippen LogP contribution in [-0.2, 0) is 18.2 Å². The number of hydrogen-bond donors (Lipinski definition) is 2. The molecule has 0 fully saturated rings. The van der Waals surface area contributed by atoms with E-state index in [1.165, 1.54) is 4.68 Å². The fraction of sp³-hybridized carbons (Fsp3) is 0.692. The van der Waals surface area contributed by atoms with E-state index in [0.29, 0.717) is 31.0 Å². The van der Waals surface area contributed by atoms with E-state index in [2.05, 4.69) is 15.3 Å². The van der Waals surface area contributed by atoms with Gasteiger partial charge in [-0.3, -0.25) is 9.48 Å². The lowest BCUT2D eigenvalue weighted by atomic mass is 10.2. The third kappa shape index (κ3) is 4.21. The Morgan fingerprint density at radius 3 is 2.75 bits per heavy atom. The molecule has 7 heteroatoms. The molecule has 20 heavy (non-hydrogen) atoms. The van der Waals surface area contributed by atoms with Crippen molar-refractivity contribution in [1.82, 2.24) is 20.0 Å². The predicted molar refractivity (Wildman–Crippen MR) is 78.7 cm³/mol. The quantitative estimate of drug-likeness (QED) is 0.694. The Bertz CT molecular complexity index is 444. The molecule has 1 amide bonds. The monoisotopic (exact) mass is 283 g/mol. The highest BCUT2D eigenvalue weighted by Crippen LogP contribution is 2.16. The minimum atomic E-state index is -0.183. The number of carbonyl (C=O) groups is 1. The highest BCUT2D eigenvalue weighted by molar-refractivity contribution is 5.97. The first-order chi connectivity index (χ1) is 9.51. The summed E-state index contributed by atoms with van der Waals surface area (Å²) in [5.41, 5.74) is 7.61. The Labute approximate surface area is 120 Å². The van der Waals surface area contributed by atoms with Gasteiger partial charge in [0.2, 0.25) is 0 Å². The minimum absolute atomic E-state index is 0.183. The summed E-state index contributed by atoms with van der Waals surface area (Å²) in [5.74, 6) is -0.183. The lowest BCUT2D eigenvalue weighted by molar-refractivity contribution is 0.0939. The number of methoxy groups -OCH3 is 1. The van der Waals surface area contributed by atoms with E-state index in [-0.39, 0.29) is 5.91 Å². The van der Waals surface area contributed by atoms with Gasteiger partial charge in [0.15, 0.2) is 0 Å². The van der Waals surface area contributed by atoms with Crippen LogP contribution in [0.5, 0.6) is 0 Å². The number of rotatable bonds is 8. The van der Waals surface area contributed by atoms with Gasteiger partial charge >= 0.3 is 0 Å². The van der Waals surface area contributed by atoms with Crippen LogP contribution in [0.2, 0.25) is 0 Å². The lowest BCUT2D eigenvalue weighted by Crippen LogP contribution is -2.35. The molecule has 1 rings (SSSR count). The zero-order chi connectivity index (χ0) is 15.1. The molecule has 1 aromatic heterocycles. The maximum absolute atomic E-state index is 12.1. The molecular formula is C13H25N5O2. The van der Waals surface area contributed by atoms with Crippen LogP contribution in [0.25, 0.3) is 0 Å². The molecule has 0 aliphatic carbocycles. The van der Waals surface area contributed by atoms with Crippen molar-refractivity contribution in [2.24, 2.45) is 7.05 Å². The third-order valence-electron chi connectivity index (χ3n) is 3.17. The van der Waals surface area contributed by atoms with Gasteiger partial charge in [-0.2, -0.15) is 5.10 Å². The molecule has 0 spiro atoms. The summed E-state index contributed by atoms with van der Waals surface area (Å²) in [7, 11) is 5.39. The van der Waals surface area contributed by atoms with Crippen molar-refractivity contribution in [2.45, 2.75) is 13.3 Å². The number of anilines is 1. The Hall–Kier alpha value is -1.60. The number of ether oxygens (including phenoxy) is 1. The number of aryl methyl sites for hydroxylation is 2. The van der Waals surface area contributed by atoms with Crippen LogP contribution in [0, 0.1) is 0 Å². The Kier molecular flexibility index (Phi) is 6.47. The molecule has 0 saturated carbocycles. The van der Waals surface area contributed by atoms with Gasteiger partial charge in [0.1, 0.15) is 5.69 Å². The van der Waals surface area contributed by atoms with E-state index in [9.17, 15) is 4.79 Å². The van der Waals surface area contributed by atoms with Gasteiger partial charge in [-0.1, -0.05) is 6.92 Å². The van der Waals surface area contributed by atoms with E-state index >= 15 is 0 Å². The zero-order valence-corrected chi connectivity index (χ0v) is 12.8. The van der Waals surface area contributed by atoms with Crippen molar-refractivity contribution in [3.05, 3.63) is 11.4 Å². The molecule has 0 bridgehead atoms. The second-order valence-corrected chi connectivity index (χ2v) is 4.74. The highest BCUT2D eigenvalue weighted by Gasteiger charge is 2.18. The van der Waals surface area contributed by atoms with E-state index in [0.717, 1.165) is 18.8 Å². The number of nitrogen functional groups attached to an aromatic ring is 1. The molecule has 0 saturated heterocycles. The third-order valence-corrected chi connectivity index (χ3v) is 3.17. The molecule has 0 unspecified atom stereocenters. The van der Waals surface area contributed by atoms with Crippen molar-refractivity contribution in [2.75, 3.05) is 46.1 Å². The highest BCUT2D eigenvalue weighted by atomic mass is 16.5. The van der Waals surface area contributed by atoms with Crippen molar-refractivity contribution in [3.8, 4) is 0 Å². The molecule has 1 aromatic rings. The molecule has 3 N–H and O–H groups in total. The van der Waals surface area contributed by atoms with Gasteiger partial charge in [-0.15, -0.1) is 0 Å². The van der Waals surface area contributed by atoms with Crippen molar-refractivity contribution < 1.29 is 9.53 Å². The molecule has 0 radical (unpaired) electrons. The molecule has 0 aliphatic rings. The Balaban J connectivity index is 2.49. The molecule has 114 valence electrons. The van der Waals surface area contributed by atoms with Crippen LogP contribution in [0.3, 0.4) is 0 Å². The van der Waals surface area contributed by atoms with E-state index < -0.39 is 0 Å². The summed E-state index contributed by atoms with van der Waals surface area (Å²) < 4.78 is 6.54. The SMILES string of the molecule is CCc1nn(C)c(C(=O)NCCN(C)CCOC)c1N. The number of likely N-dealkylation sites (N-methyl/N-ethyl adjacent to an activating group) is 1. The van der Waals surface area contributed by atoms with Crippen molar-refractivity contribution in [3.63, 3.8) is 0 Å². The van der Waals surface area contributed by atoms with Crippen LogP contribution in [-0.4, -0.2) is 61.0 Å². The lowest BCUT2D eigenvalue weighted by Gasteiger charge is -2.16. The van der Waals surface area contributed by atoms with Gasteiger partial charge in [0, 0.05) is 33.8 Å². The summed E-state index contributed by atoms with van der Waals surface area (Å²) in [6, 6.07) is 0. The van der Waals surface area contributed by atoms with E-state index in [1.54, 1.807) is 14.2 Å². The Morgan fingerprint density at radius 2 is 2.20 bits per heavy atom. The standard InChI is InChI=1S/C13H25N5O2/c1-5-10-11(14)12(18(3)16-10)13(19)15-6-7-17(2)8-9-20-4/h5-9,14H2,1-4H3,(H,15,19). The van der Waals surface area contributed by atoms with Gasteiger partial charge in [0.05, 0.1) is 18.0 Å². The molecule has 7 nitrogen and oxygen atoms in total. The first kappa shape index (κ1) is 16.5. The summed E-state index contributed by atoms with van der Waals surface area (Å²) in [6.45, 7) is 4.79. The normalized spacial score (nSPS) is 11.1. The summed E-state index contributed by atoms with van der Waals surface area (Å²) >= 11 is 0.